The van der Waals surface area contributed by atoms with Crippen LogP contribution in [0.15, 0.2) is 42.3 Å². The summed E-state index contributed by atoms with van der Waals surface area (Å²) in [5, 5.41) is 0. The Morgan fingerprint density at radius 3 is 2.25 bits per heavy atom. The zero-order chi connectivity index (χ0) is 13.6. The molecule has 1 aliphatic rings. The molecule has 1 aliphatic carbocycles. The number of hydrogen-bond donors (Lipinski definition) is 1. The molecule has 20 heavy (non-hydrogen) atoms. The first-order valence-electron chi connectivity index (χ1n) is 6.46. The van der Waals surface area contributed by atoms with Crippen LogP contribution >= 0.6 is 0 Å². The van der Waals surface area contributed by atoms with Gasteiger partial charge in [-0.25, -0.2) is 0 Å². The van der Waals surface area contributed by atoms with Crippen LogP contribution in [-0.2, 0) is 24.7 Å². The van der Waals surface area contributed by atoms with E-state index in [-0.39, 0.29) is 24.8 Å². The van der Waals surface area contributed by atoms with Crippen molar-refractivity contribution >= 4 is 12.2 Å². The number of aromatic amines is 1. The fourth-order valence-corrected chi connectivity index (χ4v) is 4.75. The molecule has 0 bridgehead atoms. The van der Waals surface area contributed by atoms with E-state index in [2.05, 4.69) is 56.5 Å². The van der Waals surface area contributed by atoms with Crippen molar-refractivity contribution in [2.75, 3.05) is 20.3 Å². The molecule has 112 valence electrons. The summed E-state index contributed by atoms with van der Waals surface area (Å²) in [6, 6.07) is 4.07. The summed E-state index contributed by atoms with van der Waals surface area (Å²) < 4.78 is 2.42. The molecule has 1 heterocycles. The number of halogens is 2. The third-order valence-electron chi connectivity index (χ3n) is 2.95. The van der Waals surface area contributed by atoms with Gasteiger partial charge >= 0.3 is 51.4 Å². The SMILES string of the molecule is C[SiH](C)C[N+](C)(C)C1=CC=CC1.[Cl-].[Cl-].[Zr+][c]1ccc[nH]1. The first-order valence-corrected chi connectivity index (χ1v) is 10.8. The Morgan fingerprint density at radius 2 is 1.95 bits per heavy atom. The second-order valence-electron chi connectivity index (χ2n) is 5.64. The van der Waals surface area contributed by atoms with Crippen LogP contribution in [0.2, 0.25) is 13.1 Å². The zero-order valence-electron chi connectivity index (χ0n) is 12.7. The van der Waals surface area contributed by atoms with Crippen LogP contribution in [0, 0.1) is 0 Å². The van der Waals surface area contributed by atoms with Crippen LogP contribution in [0.25, 0.3) is 0 Å². The first kappa shape index (κ1) is 22.7. The van der Waals surface area contributed by atoms with E-state index in [0.717, 1.165) is 10.9 Å². The topological polar surface area (TPSA) is 15.8 Å². The van der Waals surface area contributed by atoms with Gasteiger partial charge in [0.25, 0.3) is 0 Å². The maximum absolute atomic E-state index is 3.04. The van der Waals surface area contributed by atoms with Crippen LogP contribution in [0.1, 0.15) is 6.42 Å². The second-order valence-corrected chi connectivity index (χ2v) is 10.1. The number of allylic oxidation sites excluding steroid dienone is 3. The van der Waals surface area contributed by atoms with Crippen molar-refractivity contribution < 1.29 is 54.0 Å². The average molecular weight is 411 g/mol. The Hall–Kier alpha value is 0.400. The van der Waals surface area contributed by atoms with E-state index in [1.54, 1.807) is 5.70 Å². The molecule has 0 unspecified atom stereocenters. The van der Waals surface area contributed by atoms with Gasteiger partial charge in [-0.1, -0.05) is 25.2 Å². The van der Waals surface area contributed by atoms with Crippen LogP contribution in [0.5, 0.6) is 0 Å². The molecule has 0 saturated carbocycles. The Bertz CT molecular complexity index is 415. The molecule has 1 N–H and O–H groups in total. The van der Waals surface area contributed by atoms with E-state index in [1.165, 1.54) is 34.3 Å². The predicted octanol–water partition coefficient (Wildman–Crippen LogP) is -3.87. The number of nitrogens with one attached hydrogen (secondary N) is 1. The van der Waals surface area contributed by atoms with Crippen molar-refractivity contribution in [2.24, 2.45) is 0 Å². The number of quaternary nitrogens is 1. The van der Waals surface area contributed by atoms with Gasteiger partial charge in [0.05, 0.1) is 29.1 Å². The molecular weight excluding hydrogens is 386 g/mol. The molecule has 0 saturated heterocycles. The molecule has 0 amide bonds. The molecule has 0 spiro atoms. The quantitative estimate of drug-likeness (QED) is 0.388. The van der Waals surface area contributed by atoms with Gasteiger partial charge in [0.15, 0.2) is 0 Å². The van der Waals surface area contributed by atoms with E-state index in [0.29, 0.717) is 0 Å². The molecule has 0 atom stereocenters. The molecule has 0 aliphatic heterocycles. The van der Waals surface area contributed by atoms with Gasteiger partial charge in [0.1, 0.15) is 5.70 Å². The van der Waals surface area contributed by atoms with Crippen LogP contribution in [-0.4, -0.2) is 38.5 Å². The third kappa shape index (κ3) is 8.63. The third-order valence-corrected chi connectivity index (χ3v) is 5.36. The summed E-state index contributed by atoms with van der Waals surface area (Å²) in [5.74, 6) is 0. The molecule has 0 radical (unpaired) electrons. The van der Waals surface area contributed by atoms with Crippen molar-refractivity contribution in [3.05, 3.63) is 42.3 Å². The van der Waals surface area contributed by atoms with Crippen LogP contribution < -0.4 is 28.2 Å². The van der Waals surface area contributed by atoms with Gasteiger partial charge in [-0.15, -0.1) is 0 Å². The molecule has 2 rings (SSSR count). The number of aromatic nitrogens is 1. The van der Waals surface area contributed by atoms with Gasteiger partial charge in [0.2, 0.25) is 0 Å². The summed E-state index contributed by atoms with van der Waals surface area (Å²) in [6.07, 6.45) is 11.2. The summed E-state index contributed by atoms with van der Waals surface area (Å²) in [7, 11) is 4.20. The van der Waals surface area contributed by atoms with E-state index in [9.17, 15) is 0 Å². The molecule has 6 heteroatoms. The van der Waals surface area contributed by atoms with Gasteiger partial charge in [-0.3, -0.25) is 0 Å². The van der Waals surface area contributed by atoms with Gasteiger partial charge in [-0.2, -0.15) is 0 Å². The monoisotopic (exact) mass is 408 g/mol. The van der Waals surface area contributed by atoms with Crippen molar-refractivity contribution in [1.29, 1.82) is 0 Å². The minimum absolute atomic E-state index is 0. The molecule has 0 fully saturated rings. The van der Waals surface area contributed by atoms with E-state index >= 15 is 0 Å². The summed E-state index contributed by atoms with van der Waals surface area (Å²) in [6.45, 7) is 4.84. The van der Waals surface area contributed by atoms with Crippen molar-refractivity contribution in [3.8, 4) is 0 Å². The fourth-order valence-electron chi connectivity index (χ4n) is 2.25. The normalized spacial score (nSPS) is 12.9. The number of hydrogen-bond acceptors (Lipinski definition) is 0. The van der Waals surface area contributed by atoms with Crippen molar-refractivity contribution in [1.82, 2.24) is 4.98 Å². The summed E-state index contributed by atoms with van der Waals surface area (Å²) in [5.41, 5.74) is 1.57. The Balaban J connectivity index is 0. The molecule has 1 aromatic heterocycles. The van der Waals surface area contributed by atoms with Crippen molar-refractivity contribution in [2.45, 2.75) is 19.5 Å². The predicted molar refractivity (Wildman–Crippen MR) is 78.1 cm³/mol. The van der Waals surface area contributed by atoms with Crippen LogP contribution in [0.4, 0.5) is 0 Å². The van der Waals surface area contributed by atoms with Gasteiger partial charge in [-0.05, 0) is 6.08 Å². The zero-order valence-corrected chi connectivity index (χ0v) is 17.8. The fraction of sp³-hybridized carbons (Fsp3) is 0.429. The van der Waals surface area contributed by atoms with E-state index < -0.39 is 8.80 Å². The molecule has 1 aromatic rings. The summed E-state index contributed by atoms with van der Waals surface area (Å²) >= 11 is 1.45. The number of rotatable bonds is 3. The van der Waals surface area contributed by atoms with E-state index in [1.807, 2.05) is 12.3 Å². The maximum atomic E-state index is 3.04. The van der Waals surface area contributed by atoms with E-state index in [4.69, 9.17) is 0 Å². The average Bonchev–Trinajstić information content (AvgIpc) is 2.87. The Labute approximate surface area is 152 Å². The van der Waals surface area contributed by atoms with Crippen molar-refractivity contribution in [3.63, 3.8) is 0 Å². The minimum atomic E-state index is -0.448. The van der Waals surface area contributed by atoms with Gasteiger partial charge in [0, 0.05) is 6.42 Å². The number of nitrogens with zero attached hydrogens (tertiary/aromatic N) is 1. The molecular formula is C14H24Cl2N2SiZr. The first-order chi connectivity index (χ1) is 8.42. The second kappa shape index (κ2) is 11.0. The molecule has 2 nitrogen and oxygen atoms in total. The van der Waals surface area contributed by atoms with Gasteiger partial charge < -0.3 is 29.3 Å². The van der Waals surface area contributed by atoms with Crippen LogP contribution in [0.3, 0.4) is 0 Å². The summed E-state index contributed by atoms with van der Waals surface area (Å²) in [4.78, 5) is 3.04. The Kier molecular flexibility index (Phi) is 12.5. The Morgan fingerprint density at radius 1 is 1.30 bits per heavy atom. The standard InChI is InChI=1S/C10H20NSi.C4H4N.2ClH.Zr/c1-11(2,9-12(3)4)10-7-5-6-8-10;1-2-4-5-3-1;;;/h5-7,12H,8-9H2,1-4H3;1-3,5H;2*1H;/q+1;;;;+1/p-2. The molecule has 0 aromatic carbocycles. The number of H-pyrrole nitrogens is 1.